The van der Waals surface area contributed by atoms with Gasteiger partial charge in [0.1, 0.15) is 0 Å². The predicted molar refractivity (Wildman–Crippen MR) is 84.7 cm³/mol. The second-order valence-electron chi connectivity index (χ2n) is 5.14. The Labute approximate surface area is 123 Å². The van der Waals surface area contributed by atoms with Gasteiger partial charge in [0.15, 0.2) is 0 Å². The molecule has 4 nitrogen and oxygen atoms in total. The molecule has 0 bridgehead atoms. The summed E-state index contributed by atoms with van der Waals surface area (Å²) in [6.45, 7) is 2.23. The summed E-state index contributed by atoms with van der Waals surface area (Å²) in [7, 11) is 0. The molecule has 2 aromatic rings. The molecule has 2 aromatic heterocycles. The van der Waals surface area contributed by atoms with E-state index in [1.165, 1.54) is 25.0 Å². The Bertz CT molecular complexity index is 581. The molecule has 1 aliphatic carbocycles. The highest BCUT2D eigenvalue weighted by atomic mass is 32.2. The van der Waals surface area contributed by atoms with E-state index < -0.39 is 0 Å². The molecule has 2 atom stereocenters. The number of imidazole rings is 1. The van der Waals surface area contributed by atoms with Crippen LogP contribution < -0.4 is 5.73 Å². The summed E-state index contributed by atoms with van der Waals surface area (Å²) in [6.07, 6.45) is 11.2. The highest BCUT2D eigenvalue weighted by molar-refractivity contribution is 7.99. The zero-order valence-corrected chi connectivity index (χ0v) is 12.5. The summed E-state index contributed by atoms with van der Waals surface area (Å²) in [4.78, 5) is 8.55. The average Bonchev–Trinajstić information content (AvgIpc) is 3.08. The van der Waals surface area contributed by atoms with Crippen molar-refractivity contribution in [2.45, 2.75) is 37.5 Å². The quantitative estimate of drug-likeness (QED) is 0.937. The number of hydrogen-bond donors (Lipinski definition) is 1. The third-order valence-electron chi connectivity index (χ3n) is 3.95. The zero-order chi connectivity index (χ0) is 13.9. The molecule has 3 rings (SSSR count). The molecule has 0 amide bonds. The number of nitrogen functional groups attached to an aromatic ring is 1. The SMILES string of the molecule is CCSC1CCCC1n1cncc1-c1cnccc1N. The lowest BCUT2D eigenvalue weighted by atomic mass is 10.1. The zero-order valence-electron chi connectivity index (χ0n) is 11.7. The van der Waals surface area contributed by atoms with Gasteiger partial charge in [0.2, 0.25) is 0 Å². The number of nitrogens with zero attached hydrogens (tertiary/aromatic N) is 3. The normalized spacial score (nSPS) is 22.2. The van der Waals surface area contributed by atoms with E-state index in [-0.39, 0.29) is 0 Å². The Morgan fingerprint density at radius 3 is 3.05 bits per heavy atom. The molecule has 0 radical (unpaired) electrons. The van der Waals surface area contributed by atoms with E-state index in [2.05, 4.69) is 33.2 Å². The van der Waals surface area contributed by atoms with Crippen molar-refractivity contribution in [3.63, 3.8) is 0 Å². The Balaban J connectivity index is 1.96. The second kappa shape index (κ2) is 5.87. The van der Waals surface area contributed by atoms with Gasteiger partial charge < -0.3 is 10.3 Å². The molecule has 0 aromatic carbocycles. The number of aromatic nitrogens is 3. The topological polar surface area (TPSA) is 56.7 Å². The van der Waals surface area contributed by atoms with E-state index >= 15 is 0 Å². The molecule has 2 N–H and O–H groups in total. The summed E-state index contributed by atoms with van der Waals surface area (Å²) >= 11 is 2.06. The van der Waals surface area contributed by atoms with Crippen LogP contribution in [0.4, 0.5) is 5.69 Å². The molecule has 2 heterocycles. The van der Waals surface area contributed by atoms with Crippen molar-refractivity contribution in [1.82, 2.24) is 14.5 Å². The molecule has 20 heavy (non-hydrogen) atoms. The van der Waals surface area contributed by atoms with Gasteiger partial charge >= 0.3 is 0 Å². The van der Waals surface area contributed by atoms with Crippen LogP contribution in [0, 0.1) is 0 Å². The fourth-order valence-electron chi connectivity index (χ4n) is 3.03. The highest BCUT2D eigenvalue weighted by Gasteiger charge is 2.30. The van der Waals surface area contributed by atoms with Crippen molar-refractivity contribution in [3.8, 4) is 11.3 Å². The Morgan fingerprint density at radius 1 is 1.35 bits per heavy atom. The van der Waals surface area contributed by atoms with Crippen molar-refractivity contribution < 1.29 is 0 Å². The Hall–Kier alpha value is -1.49. The first-order valence-corrected chi connectivity index (χ1v) is 8.19. The summed E-state index contributed by atoms with van der Waals surface area (Å²) in [5.74, 6) is 1.17. The predicted octanol–water partition coefficient (Wildman–Crippen LogP) is 3.37. The maximum Gasteiger partial charge on any atom is 0.0953 e. The molecule has 5 heteroatoms. The first-order valence-electron chi connectivity index (χ1n) is 7.14. The third kappa shape index (κ3) is 2.42. The molecule has 0 spiro atoms. The minimum Gasteiger partial charge on any atom is -0.398 e. The van der Waals surface area contributed by atoms with E-state index in [0.717, 1.165) is 16.9 Å². The summed E-state index contributed by atoms with van der Waals surface area (Å²) in [5, 5.41) is 0.686. The van der Waals surface area contributed by atoms with Crippen molar-refractivity contribution >= 4 is 17.4 Å². The van der Waals surface area contributed by atoms with Gasteiger partial charge in [-0.25, -0.2) is 4.98 Å². The van der Waals surface area contributed by atoms with Crippen LogP contribution in [0.5, 0.6) is 0 Å². The molecule has 1 aliphatic rings. The van der Waals surface area contributed by atoms with Crippen LogP contribution in [0.2, 0.25) is 0 Å². The van der Waals surface area contributed by atoms with E-state index in [9.17, 15) is 0 Å². The maximum atomic E-state index is 6.09. The first-order chi connectivity index (χ1) is 9.81. The number of hydrogen-bond acceptors (Lipinski definition) is 4. The minimum atomic E-state index is 0.525. The highest BCUT2D eigenvalue weighted by Crippen LogP contribution is 2.40. The lowest BCUT2D eigenvalue weighted by molar-refractivity contribution is 0.532. The standard InChI is InChI=1S/C15H20N4S/c1-2-20-15-5-3-4-13(15)19-10-18-9-14(19)11-8-17-7-6-12(11)16/h6-10,13,15H,2-5H2,1H3,(H2,16,17). The van der Waals surface area contributed by atoms with E-state index in [1.807, 2.05) is 24.8 Å². The van der Waals surface area contributed by atoms with Gasteiger partial charge in [0, 0.05) is 34.9 Å². The van der Waals surface area contributed by atoms with Crippen molar-refractivity contribution in [1.29, 1.82) is 0 Å². The second-order valence-corrected chi connectivity index (χ2v) is 6.66. The fourth-order valence-corrected chi connectivity index (χ4v) is 4.28. The lowest BCUT2D eigenvalue weighted by Crippen LogP contribution is -2.16. The van der Waals surface area contributed by atoms with Gasteiger partial charge in [-0.3, -0.25) is 4.98 Å². The van der Waals surface area contributed by atoms with Crippen molar-refractivity contribution in [2.75, 3.05) is 11.5 Å². The van der Waals surface area contributed by atoms with Gasteiger partial charge in [-0.05, 0) is 24.7 Å². The molecule has 106 valence electrons. The van der Waals surface area contributed by atoms with Gasteiger partial charge in [-0.1, -0.05) is 13.3 Å². The van der Waals surface area contributed by atoms with Crippen LogP contribution in [-0.4, -0.2) is 25.5 Å². The van der Waals surface area contributed by atoms with Gasteiger partial charge in [-0.15, -0.1) is 0 Å². The van der Waals surface area contributed by atoms with E-state index in [4.69, 9.17) is 5.73 Å². The van der Waals surface area contributed by atoms with Crippen LogP contribution >= 0.6 is 11.8 Å². The van der Waals surface area contributed by atoms with Gasteiger partial charge in [0.05, 0.1) is 18.2 Å². The van der Waals surface area contributed by atoms with Crippen LogP contribution in [0.25, 0.3) is 11.3 Å². The summed E-state index contributed by atoms with van der Waals surface area (Å²) < 4.78 is 2.30. The smallest absolute Gasteiger partial charge is 0.0953 e. The number of rotatable bonds is 4. The number of nitrogens with two attached hydrogens (primary N) is 1. The van der Waals surface area contributed by atoms with Crippen LogP contribution in [0.1, 0.15) is 32.2 Å². The number of pyridine rings is 1. The Kier molecular flexibility index (Phi) is 3.96. The Morgan fingerprint density at radius 2 is 2.25 bits per heavy atom. The maximum absolute atomic E-state index is 6.09. The summed E-state index contributed by atoms with van der Waals surface area (Å²) in [6, 6.07) is 2.37. The van der Waals surface area contributed by atoms with Gasteiger partial charge in [0.25, 0.3) is 0 Å². The monoisotopic (exact) mass is 288 g/mol. The molecule has 0 aliphatic heterocycles. The van der Waals surface area contributed by atoms with Crippen LogP contribution in [0.3, 0.4) is 0 Å². The largest absolute Gasteiger partial charge is 0.398 e. The molecule has 2 unspecified atom stereocenters. The molecular formula is C15H20N4S. The van der Waals surface area contributed by atoms with Crippen LogP contribution in [0.15, 0.2) is 31.0 Å². The molecule has 0 saturated heterocycles. The average molecular weight is 288 g/mol. The van der Waals surface area contributed by atoms with E-state index in [0.29, 0.717) is 11.3 Å². The molecule has 1 fully saturated rings. The first kappa shape index (κ1) is 13.5. The van der Waals surface area contributed by atoms with Crippen molar-refractivity contribution in [2.24, 2.45) is 0 Å². The number of anilines is 1. The van der Waals surface area contributed by atoms with E-state index in [1.54, 1.807) is 6.20 Å². The number of thioether (sulfide) groups is 1. The third-order valence-corrected chi connectivity index (χ3v) is 5.26. The molecular weight excluding hydrogens is 268 g/mol. The van der Waals surface area contributed by atoms with Gasteiger partial charge in [-0.2, -0.15) is 11.8 Å². The lowest BCUT2D eigenvalue weighted by Gasteiger charge is -2.22. The van der Waals surface area contributed by atoms with Crippen LogP contribution in [-0.2, 0) is 0 Å². The molecule has 1 saturated carbocycles. The fraction of sp³-hybridized carbons (Fsp3) is 0.467. The summed E-state index contributed by atoms with van der Waals surface area (Å²) in [5.41, 5.74) is 8.92. The van der Waals surface area contributed by atoms with Crippen molar-refractivity contribution in [3.05, 3.63) is 31.0 Å². The minimum absolute atomic E-state index is 0.525.